The lowest BCUT2D eigenvalue weighted by Gasteiger charge is -2.13. The first-order valence-corrected chi connectivity index (χ1v) is 9.71. The molecule has 6 heteroatoms. The van der Waals surface area contributed by atoms with Crippen LogP contribution in [0.5, 0.6) is 11.5 Å². The van der Waals surface area contributed by atoms with Crippen LogP contribution in [0, 0.1) is 13.8 Å². The summed E-state index contributed by atoms with van der Waals surface area (Å²) in [7, 11) is 0. The average molecular weight is 433 g/mol. The number of amides is 1. The Morgan fingerprint density at radius 1 is 1.15 bits per heavy atom. The Kier molecular flexibility index (Phi) is 7.85. The summed E-state index contributed by atoms with van der Waals surface area (Å²) in [4.78, 5) is 12.2. The van der Waals surface area contributed by atoms with Gasteiger partial charge in [-0.15, -0.1) is 0 Å². The fraction of sp³-hybridized carbons (Fsp3) is 0.333. The largest absolute Gasteiger partial charge is 0.490 e. The maximum absolute atomic E-state index is 12.2. The van der Waals surface area contributed by atoms with Gasteiger partial charge in [-0.1, -0.05) is 23.8 Å². The Balaban J connectivity index is 2.06. The van der Waals surface area contributed by atoms with E-state index in [0.717, 1.165) is 26.7 Å². The van der Waals surface area contributed by atoms with E-state index in [4.69, 9.17) is 9.47 Å². The molecular formula is C21H25BrN2O3. The molecule has 0 spiro atoms. The number of carbonyl (C=O) groups excluding carboxylic acids is 1. The number of hydrogen-bond donors (Lipinski definition) is 1. The van der Waals surface area contributed by atoms with Crippen LogP contribution in [0.3, 0.4) is 0 Å². The number of nitrogens with one attached hydrogen (secondary N) is 1. The average Bonchev–Trinajstić information content (AvgIpc) is 2.61. The number of nitrogens with zero attached hydrogens (tertiary/aromatic N) is 1. The van der Waals surface area contributed by atoms with Gasteiger partial charge in [-0.3, -0.25) is 4.79 Å². The van der Waals surface area contributed by atoms with Gasteiger partial charge < -0.3 is 9.47 Å². The maximum atomic E-state index is 12.2. The quantitative estimate of drug-likeness (QED) is 0.491. The molecule has 0 unspecified atom stereocenters. The van der Waals surface area contributed by atoms with Crippen molar-refractivity contribution >= 4 is 28.1 Å². The topological polar surface area (TPSA) is 59.9 Å². The molecule has 27 heavy (non-hydrogen) atoms. The molecule has 1 amide bonds. The monoisotopic (exact) mass is 432 g/mol. The Bertz CT molecular complexity index is 834. The number of halogens is 1. The van der Waals surface area contributed by atoms with E-state index in [1.54, 1.807) is 6.21 Å². The molecule has 0 atom stereocenters. The van der Waals surface area contributed by atoms with Crippen LogP contribution < -0.4 is 14.9 Å². The highest BCUT2D eigenvalue weighted by atomic mass is 79.9. The van der Waals surface area contributed by atoms with Crippen LogP contribution in [0.4, 0.5) is 0 Å². The summed E-state index contributed by atoms with van der Waals surface area (Å²) in [5.41, 5.74) is 6.61. The van der Waals surface area contributed by atoms with Crippen molar-refractivity contribution in [1.82, 2.24) is 5.43 Å². The Labute approximate surface area is 168 Å². The van der Waals surface area contributed by atoms with Gasteiger partial charge in [0.15, 0.2) is 11.5 Å². The molecule has 0 radical (unpaired) electrons. The molecule has 0 heterocycles. The zero-order chi connectivity index (χ0) is 19.8. The minimum Gasteiger partial charge on any atom is -0.490 e. The molecule has 144 valence electrons. The second kappa shape index (κ2) is 10.1. The first-order valence-electron chi connectivity index (χ1n) is 8.91. The normalized spacial score (nSPS) is 10.9. The molecule has 0 aliphatic heterocycles. The summed E-state index contributed by atoms with van der Waals surface area (Å²) in [6, 6.07) is 9.78. The standard InChI is InChI=1S/C21H25BrN2O3/c1-5-26-19-11-16(10-18(22)21(19)27-6-2)13-23-24-20(25)12-17-9-14(3)7-8-15(17)4/h7-11,13H,5-6,12H2,1-4H3,(H,24,25)/b23-13+. The second-order valence-corrected chi connectivity index (χ2v) is 6.95. The molecule has 0 fully saturated rings. The van der Waals surface area contributed by atoms with Gasteiger partial charge in [-0.05, 0) is 72.4 Å². The molecule has 0 aliphatic carbocycles. The van der Waals surface area contributed by atoms with Crippen molar-refractivity contribution in [3.63, 3.8) is 0 Å². The van der Waals surface area contributed by atoms with Crippen LogP contribution in [0.15, 0.2) is 39.9 Å². The fourth-order valence-electron chi connectivity index (χ4n) is 2.59. The Morgan fingerprint density at radius 3 is 2.59 bits per heavy atom. The van der Waals surface area contributed by atoms with E-state index in [2.05, 4.69) is 26.5 Å². The lowest BCUT2D eigenvalue weighted by Crippen LogP contribution is -2.20. The van der Waals surface area contributed by atoms with Gasteiger partial charge in [0.2, 0.25) is 5.91 Å². The number of hydrogen-bond acceptors (Lipinski definition) is 4. The predicted octanol–water partition coefficient (Wildman–Crippen LogP) is 4.56. The summed E-state index contributed by atoms with van der Waals surface area (Å²) in [6.45, 7) is 8.91. The van der Waals surface area contributed by atoms with E-state index in [9.17, 15) is 4.79 Å². The molecule has 2 aromatic carbocycles. The third-order valence-corrected chi connectivity index (χ3v) is 4.47. The van der Waals surface area contributed by atoms with Crippen LogP contribution in [0.1, 0.15) is 36.1 Å². The van der Waals surface area contributed by atoms with Crippen LogP contribution in [0.2, 0.25) is 0 Å². The predicted molar refractivity (Wildman–Crippen MR) is 112 cm³/mol. The third-order valence-electron chi connectivity index (χ3n) is 3.88. The van der Waals surface area contributed by atoms with Crippen molar-refractivity contribution in [2.45, 2.75) is 34.1 Å². The van der Waals surface area contributed by atoms with E-state index in [1.165, 1.54) is 0 Å². The van der Waals surface area contributed by atoms with E-state index < -0.39 is 0 Å². The lowest BCUT2D eigenvalue weighted by molar-refractivity contribution is -0.120. The maximum Gasteiger partial charge on any atom is 0.244 e. The molecule has 2 aromatic rings. The summed E-state index contributed by atoms with van der Waals surface area (Å²) in [5.74, 6) is 1.14. The van der Waals surface area contributed by atoms with Crippen LogP contribution in [-0.2, 0) is 11.2 Å². The lowest BCUT2D eigenvalue weighted by atomic mass is 10.0. The molecule has 0 saturated heterocycles. The van der Waals surface area contributed by atoms with Gasteiger partial charge in [-0.25, -0.2) is 5.43 Å². The number of rotatable bonds is 8. The molecular weight excluding hydrogens is 408 g/mol. The van der Waals surface area contributed by atoms with Crippen molar-refractivity contribution in [2.24, 2.45) is 5.10 Å². The number of ether oxygens (including phenoxy) is 2. The highest BCUT2D eigenvalue weighted by Gasteiger charge is 2.11. The number of aryl methyl sites for hydroxylation is 2. The Morgan fingerprint density at radius 2 is 1.89 bits per heavy atom. The van der Waals surface area contributed by atoms with Gasteiger partial charge >= 0.3 is 0 Å². The van der Waals surface area contributed by atoms with Crippen molar-refractivity contribution in [2.75, 3.05) is 13.2 Å². The number of benzene rings is 2. The molecule has 2 rings (SSSR count). The van der Waals surface area contributed by atoms with Crippen LogP contribution in [-0.4, -0.2) is 25.3 Å². The molecule has 0 aromatic heterocycles. The number of carbonyl (C=O) groups is 1. The highest BCUT2D eigenvalue weighted by Crippen LogP contribution is 2.36. The highest BCUT2D eigenvalue weighted by molar-refractivity contribution is 9.10. The minimum atomic E-state index is -0.157. The Hall–Kier alpha value is -2.34. The smallest absolute Gasteiger partial charge is 0.244 e. The van der Waals surface area contributed by atoms with E-state index in [0.29, 0.717) is 31.1 Å². The van der Waals surface area contributed by atoms with E-state index in [-0.39, 0.29) is 5.91 Å². The molecule has 0 aliphatic rings. The van der Waals surface area contributed by atoms with Crippen molar-refractivity contribution in [3.8, 4) is 11.5 Å². The summed E-state index contributed by atoms with van der Waals surface area (Å²) in [6.07, 6.45) is 1.88. The van der Waals surface area contributed by atoms with E-state index >= 15 is 0 Å². The molecule has 0 bridgehead atoms. The minimum absolute atomic E-state index is 0.157. The van der Waals surface area contributed by atoms with Crippen molar-refractivity contribution < 1.29 is 14.3 Å². The molecule has 1 N–H and O–H groups in total. The van der Waals surface area contributed by atoms with Crippen molar-refractivity contribution in [3.05, 3.63) is 57.1 Å². The van der Waals surface area contributed by atoms with Gasteiger partial charge in [0.25, 0.3) is 0 Å². The van der Waals surface area contributed by atoms with Gasteiger partial charge in [-0.2, -0.15) is 5.10 Å². The third kappa shape index (κ3) is 6.10. The molecule has 0 saturated carbocycles. The summed E-state index contributed by atoms with van der Waals surface area (Å²) in [5, 5.41) is 4.07. The molecule has 5 nitrogen and oxygen atoms in total. The second-order valence-electron chi connectivity index (χ2n) is 6.10. The zero-order valence-corrected chi connectivity index (χ0v) is 17.7. The first-order chi connectivity index (χ1) is 12.9. The zero-order valence-electron chi connectivity index (χ0n) is 16.1. The summed E-state index contributed by atoms with van der Waals surface area (Å²) < 4.78 is 12.0. The van der Waals surface area contributed by atoms with E-state index in [1.807, 2.05) is 58.0 Å². The fourth-order valence-corrected chi connectivity index (χ4v) is 3.17. The SMILES string of the molecule is CCOc1cc(/C=N/NC(=O)Cc2cc(C)ccc2C)cc(Br)c1OCC. The van der Waals surface area contributed by atoms with Gasteiger partial charge in [0, 0.05) is 0 Å². The number of hydrazone groups is 1. The first kappa shape index (κ1) is 21.0. The van der Waals surface area contributed by atoms with Crippen molar-refractivity contribution in [1.29, 1.82) is 0 Å². The van der Waals surface area contributed by atoms with Gasteiger partial charge in [0.05, 0.1) is 30.3 Å². The van der Waals surface area contributed by atoms with Gasteiger partial charge in [0.1, 0.15) is 0 Å². The van der Waals surface area contributed by atoms with Crippen LogP contribution >= 0.6 is 15.9 Å². The summed E-state index contributed by atoms with van der Waals surface area (Å²) >= 11 is 3.49. The van der Waals surface area contributed by atoms with Crippen LogP contribution in [0.25, 0.3) is 0 Å².